The molecule has 2 amide bonds. The third-order valence-corrected chi connectivity index (χ3v) is 6.32. The first-order valence-electron chi connectivity index (χ1n) is 10.0. The van der Waals surface area contributed by atoms with Crippen LogP contribution in [0.4, 0.5) is 10.2 Å². The van der Waals surface area contributed by atoms with Crippen molar-refractivity contribution in [3.8, 4) is 0 Å². The van der Waals surface area contributed by atoms with E-state index in [0.717, 1.165) is 19.4 Å². The Hall–Kier alpha value is -2.97. The third kappa shape index (κ3) is 2.79. The van der Waals surface area contributed by atoms with Crippen molar-refractivity contribution in [3.63, 3.8) is 0 Å². The molecule has 1 N–H and O–H groups in total. The molecule has 0 spiro atoms. The highest BCUT2D eigenvalue weighted by atomic mass is 19.1. The first kappa shape index (κ1) is 18.1. The molecule has 8 nitrogen and oxygen atoms in total. The molecule has 3 aliphatic rings. The molecule has 0 radical (unpaired) electrons. The molecule has 2 aromatic rings. The highest BCUT2D eigenvalue weighted by molar-refractivity contribution is 5.99. The summed E-state index contributed by atoms with van der Waals surface area (Å²) in [5.74, 6) is 0.0835. The molecule has 1 saturated heterocycles. The molecule has 3 aliphatic heterocycles. The van der Waals surface area contributed by atoms with Crippen LogP contribution in [0.2, 0.25) is 0 Å². The van der Waals surface area contributed by atoms with Gasteiger partial charge in [0.25, 0.3) is 5.91 Å². The van der Waals surface area contributed by atoms with E-state index >= 15 is 0 Å². The van der Waals surface area contributed by atoms with Gasteiger partial charge in [0.05, 0.1) is 11.6 Å². The fraction of sp³-hybridized carbons (Fsp3) is 0.500. The molecule has 0 aromatic carbocycles. The average Bonchev–Trinajstić information content (AvgIpc) is 3.34. The van der Waals surface area contributed by atoms with Gasteiger partial charge in [-0.1, -0.05) is 0 Å². The number of carbonyl (C=O) groups is 2. The summed E-state index contributed by atoms with van der Waals surface area (Å²) in [5, 5.41) is 7.08. The van der Waals surface area contributed by atoms with Crippen LogP contribution in [0.3, 0.4) is 0 Å². The Balaban J connectivity index is 1.65. The van der Waals surface area contributed by atoms with E-state index in [1.165, 1.54) is 17.3 Å². The Morgan fingerprint density at radius 3 is 3.00 bits per heavy atom. The zero-order valence-electron chi connectivity index (χ0n) is 16.3. The quantitative estimate of drug-likeness (QED) is 0.733. The largest absolute Gasteiger partial charge is 0.352 e. The van der Waals surface area contributed by atoms with Gasteiger partial charge in [0, 0.05) is 44.5 Å². The monoisotopic (exact) mass is 398 g/mol. The van der Waals surface area contributed by atoms with Gasteiger partial charge in [0.15, 0.2) is 5.65 Å². The van der Waals surface area contributed by atoms with Gasteiger partial charge in [-0.05, 0) is 32.3 Å². The highest BCUT2D eigenvalue weighted by Crippen LogP contribution is 2.44. The maximum absolute atomic E-state index is 14.6. The Morgan fingerprint density at radius 1 is 1.28 bits per heavy atom. The van der Waals surface area contributed by atoms with Crippen molar-refractivity contribution in [1.29, 1.82) is 0 Å². The van der Waals surface area contributed by atoms with Crippen molar-refractivity contribution in [2.24, 2.45) is 5.41 Å². The van der Waals surface area contributed by atoms with E-state index in [1.807, 2.05) is 13.0 Å². The zero-order chi connectivity index (χ0) is 20.2. The van der Waals surface area contributed by atoms with E-state index in [9.17, 15) is 14.0 Å². The number of allylic oxidation sites excluding steroid dienone is 1. The predicted molar refractivity (Wildman–Crippen MR) is 104 cm³/mol. The number of fused-ring (bicyclic) bond motifs is 6. The number of aromatic nitrogens is 3. The number of amides is 2. The minimum atomic E-state index is -0.862. The van der Waals surface area contributed by atoms with E-state index in [4.69, 9.17) is 4.98 Å². The summed E-state index contributed by atoms with van der Waals surface area (Å²) in [5.41, 5.74) is 0.0449. The summed E-state index contributed by atoms with van der Waals surface area (Å²) in [6.07, 6.45) is 6.94. The summed E-state index contributed by atoms with van der Waals surface area (Å²) >= 11 is 0. The Labute approximate surface area is 167 Å². The van der Waals surface area contributed by atoms with E-state index in [0.29, 0.717) is 36.5 Å². The van der Waals surface area contributed by atoms with Gasteiger partial charge in [-0.2, -0.15) is 5.10 Å². The second-order valence-corrected chi connectivity index (χ2v) is 8.24. The van der Waals surface area contributed by atoms with Crippen LogP contribution in [0.5, 0.6) is 0 Å². The van der Waals surface area contributed by atoms with Crippen molar-refractivity contribution in [3.05, 3.63) is 36.1 Å². The van der Waals surface area contributed by atoms with Crippen molar-refractivity contribution < 1.29 is 14.0 Å². The lowest BCUT2D eigenvalue weighted by Crippen LogP contribution is -2.54. The fourth-order valence-corrected chi connectivity index (χ4v) is 4.88. The lowest BCUT2D eigenvalue weighted by atomic mass is 9.74. The van der Waals surface area contributed by atoms with Crippen LogP contribution < -0.4 is 10.2 Å². The summed E-state index contributed by atoms with van der Waals surface area (Å²) in [6.45, 7) is 3.34. The standard InChI is InChI=1S/C20H23FN6O2/c1-20-10-13(21)12-25(19(20)29)7-3-6-22-18(28)14-11-23-27-9-5-16(24-17(14)27)26-8-2-4-15(20)26/h5,9,11-12,15H,2-4,6-8,10H2,1H3,(H,22,28)/t15-,20?/m1/s1. The topological polar surface area (TPSA) is 82.8 Å². The molecular weight excluding hydrogens is 375 g/mol. The van der Waals surface area contributed by atoms with Gasteiger partial charge in [-0.15, -0.1) is 0 Å². The Kier molecular flexibility index (Phi) is 4.07. The molecule has 9 heteroatoms. The smallest absolute Gasteiger partial charge is 0.256 e. The SMILES string of the molecule is CC12CC(F)=CN(CCCNC(=O)c3cnn4ccc(nc34)N3CCC[C@@H]31)C2=O. The van der Waals surface area contributed by atoms with Crippen molar-refractivity contribution in [2.75, 3.05) is 24.5 Å². The van der Waals surface area contributed by atoms with E-state index in [2.05, 4.69) is 15.3 Å². The molecule has 5 heterocycles. The van der Waals surface area contributed by atoms with Crippen LogP contribution in [0.15, 0.2) is 30.5 Å². The fourth-order valence-electron chi connectivity index (χ4n) is 4.88. The number of hydrogen-bond acceptors (Lipinski definition) is 5. The Morgan fingerprint density at radius 2 is 2.14 bits per heavy atom. The van der Waals surface area contributed by atoms with E-state index in [-0.39, 0.29) is 30.1 Å². The Bertz CT molecular complexity index is 1030. The van der Waals surface area contributed by atoms with Crippen LogP contribution in [0, 0.1) is 5.41 Å². The lowest BCUT2D eigenvalue weighted by Gasteiger charge is -2.44. The van der Waals surface area contributed by atoms with Gasteiger partial charge >= 0.3 is 0 Å². The molecule has 0 aliphatic carbocycles. The molecule has 0 saturated carbocycles. The minimum Gasteiger partial charge on any atom is -0.352 e. The van der Waals surface area contributed by atoms with Crippen LogP contribution >= 0.6 is 0 Å². The van der Waals surface area contributed by atoms with E-state index < -0.39 is 5.41 Å². The predicted octanol–water partition coefficient (Wildman–Crippen LogP) is 1.88. The number of halogens is 1. The lowest BCUT2D eigenvalue weighted by molar-refractivity contribution is -0.141. The summed E-state index contributed by atoms with van der Waals surface area (Å²) in [6, 6.07) is 1.68. The molecule has 2 atom stereocenters. The number of nitrogens with zero attached hydrogens (tertiary/aromatic N) is 5. The summed E-state index contributed by atoms with van der Waals surface area (Å²) in [4.78, 5) is 34.3. The second-order valence-electron chi connectivity index (χ2n) is 8.24. The molecular formula is C20H23FN6O2. The van der Waals surface area contributed by atoms with Gasteiger partial charge in [-0.3, -0.25) is 9.59 Å². The molecule has 1 unspecified atom stereocenters. The molecule has 5 rings (SSSR count). The van der Waals surface area contributed by atoms with Gasteiger partial charge in [0.2, 0.25) is 5.91 Å². The maximum atomic E-state index is 14.6. The first-order valence-corrected chi connectivity index (χ1v) is 10.0. The van der Waals surface area contributed by atoms with Crippen molar-refractivity contribution >= 4 is 23.3 Å². The van der Waals surface area contributed by atoms with Crippen LogP contribution in [-0.4, -0.2) is 57.0 Å². The van der Waals surface area contributed by atoms with Gasteiger partial charge in [0.1, 0.15) is 17.2 Å². The third-order valence-electron chi connectivity index (χ3n) is 6.32. The first-order chi connectivity index (χ1) is 14.0. The number of carbonyl (C=O) groups excluding carboxylic acids is 2. The van der Waals surface area contributed by atoms with Gasteiger partial charge in [-0.25, -0.2) is 13.9 Å². The minimum absolute atomic E-state index is 0.0645. The highest BCUT2D eigenvalue weighted by Gasteiger charge is 2.50. The van der Waals surface area contributed by atoms with Gasteiger partial charge < -0.3 is 15.1 Å². The summed E-state index contributed by atoms with van der Waals surface area (Å²) < 4.78 is 16.2. The van der Waals surface area contributed by atoms with Crippen molar-refractivity contribution in [2.45, 2.75) is 38.6 Å². The molecule has 29 heavy (non-hydrogen) atoms. The molecule has 4 bridgehead atoms. The van der Waals surface area contributed by atoms with Crippen LogP contribution in [0.25, 0.3) is 5.65 Å². The second kappa shape index (κ2) is 6.53. The normalized spacial score (nSPS) is 27.7. The average molecular weight is 398 g/mol. The van der Waals surface area contributed by atoms with Crippen LogP contribution in [0.1, 0.15) is 43.0 Å². The molecule has 1 fully saturated rings. The van der Waals surface area contributed by atoms with Crippen LogP contribution in [-0.2, 0) is 4.79 Å². The number of hydrogen-bond donors (Lipinski definition) is 1. The van der Waals surface area contributed by atoms with Crippen molar-refractivity contribution in [1.82, 2.24) is 24.8 Å². The maximum Gasteiger partial charge on any atom is 0.256 e. The number of nitrogens with one attached hydrogen (secondary N) is 1. The van der Waals surface area contributed by atoms with E-state index in [1.54, 1.807) is 10.7 Å². The molecule has 152 valence electrons. The number of rotatable bonds is 0. The summed E-state index contributed by atoms with van der Waals surface area (Å²) in [7, 11) is 0. The zero-order valence-corrected chi connectivity index (χ0v) is 16.3. The molecule has 2 aromatic heterocycles. The number of anilines is 1.